The summed E-state index contributed by atoms with van der Waals surface area (Å²) in [6.45, 7) is 6.67. The molecule has 0 saturated carbocycles. The maximum absolute atomic E-state index is 11.5. The first-order valence-corrected chi connectivity index (χ1v) is 6.99. The van der Waals surface area contributed by atoms with Crippen LogP contribution in [0.15, 0.2) is 0 Å². The van der Waals surface area contributed by atoms with Gasteiger partial charge >= 0.3 is 0 Å². The standard InChI is InChI=1S/C13H26N2O3/c1-2-17-10-3-7-15-13(16)6-11-18-12-4-8-14-9-5-12/h12,14H,2-11H2,1H3,(H,15,16). The lowest BCUT2D eigenvalue weighted by atomic mass is 10.1. The number of ether oxygens (including phenoxy) is 2. The molecule has 106 valence electrons. The van der Waals surface area contributed by atoms with Gasteiger partial charge in [-0.25, -0.2) is 0 Å². The lowest BCUT2D eigenvalue weighted by Gasteiger charge is -2.22. The Morgan fingerprint density at radius 1 is 1.33 bits per heavy atom. The molecule has 1 heterocycles. The van der Waals surface area contributed by atoms with E-state index >= 15 is 0 Å². The first-order valence-electron chi connectivity index (χ1n) is 6.99. The van der Waals surface area contributed by atoms with Crippen LogP contribution in [-0.2, 0) is 14.3 Å². The van der Waals surface area contributed by atoms with Crippen LogP contribution in [0, 0.1) is 0 Å². The van der Waals surface area contributed by atoms with Crippen LogP contribution >= 0.6 is 0 Å². The van der Waals surface area contributed by atoms with E-state index in [1.54, 1.807) is 0 Å². The van der Waals surface area contributed by atoms with Crippen LogP contribution in [0.3, 0.4) is 0 Å². The average Bonchev–Trinajstić information content (AvgIpc) is 2.40. The van der Waals surface area contributed by atoms with Crippen molar-refractivity contribution in [2.45, 2.75) is 38.7 Å². The Morgan fingerprint density at radius 3 is 2.83 bits per heavy atom. The van der Waals surface area contributed by atoms with Gasteiger partial charge in [0, 0.05) is 26.2 Å². The van der Waals surface area contributed by atoms with Gasteiger partial charge in [-0.1, -0.05) is 0 Å². The molecule has 18 heavy (non-hydrogen) atoms. The normalized spacial score (nSPS) is 16.7. The van der Waals surface area contributed by atoms with Crippen molar-refractivity contribution < 1.29 is 14.3 Å². The van der Waals surface area contributed by atoms with E-state index in [9.17, 15) is 4.79 Å². The second kappa shape index (κ2) is 10.3. The van der Waals surface area contributed by atoms with E-state index in [0.29, 0.717) is 32.3 Å². The van der Waals surface area contributed by atoms with Crippen LogP contribution < -0.4 is 10.6 Å². The Morgan fingerprint density at radius 2 is 2.11 bits per heavy atom. The summed E-state index contributed by atoms with van der Waals surface area (Å²) < 4.78 is 10.9. The summed E-state index contributed by atoms with van der Waals surface area (Å²) in [6.07, 6.45) is 3.76. The van der Waals surface area contributed by atoms with Gasteiger partial charge in [0.05, 0.1) is 12.7 Å². The van der Waals surface area contributed by atoms with Crippen molar-refractivity contribution in [3.05, 3.63) is 0 Å². The Kier molecular flexibility index (Phi) is 8.81. The molecular formula is C13H26N2O3. The van der Waals surface area contributed by atoms with Crippen molar-refractivity contribution in [2.75, 3.05) is 39.5 Å². The minimum atomic E-state index is 0.0698. The highest BCUT2D eigenvalue weighted by atomic mass is 16.5. The molecule has 1 aliphatic heterocycles. The highest BCUT2D eigenvalue weighted by Gasteiger charge is 2.13. The molecule has 5 heteroatoms. The zero-order chi connectivity index (χ0) is 13.1. The lowest BCUT2D eigenvalue weighted by molar-refractivity contribution is -0.122. The largest absolute Gasteiger partial charge is 0.382 e. The Bertz CT molecular complexity index is 218. The van der Waals surface area contributed by atoms with Gasteiger partial charge in [-0.2, -0.15) is 0 Å². The molecule has 2 N–H and O–H groups in total. The summed E-state index contributed by atoms with van der Waals surface area (Å²) >= 11 is 0. The predicted octanol–water partition coefficient (Wildman–Crippen LogP) is 0.688. The van der Waals surface area contributed by atoms with E-state index in [1.165, 1.54) is 0 Å². The van der Waals surface area contributed by atoms with E-state index in [1.807, 2.05) is 6.92 Å². The highest BCUT2D eigenvalue weighted by molar-refractivity contribution is 5.75. The van der Waals surface area contributed by atoms with Crippen LogP contribution in [0.1, 0.15) is 32.6 Å². The number of carbonyl (C=O) groups excluding carboxylic acids is 1. The van der Waals surface area contributed by atoms with Crippen molar-refractivity contribution in [1.29, 1.82) is 0 Å². The van der Waals surface area contributed by atoms with Crippen LogP contribution in [-0.4, -0.2) is 51.5 Å². The van der Waals surface area contributed by atoms with Gasteiger partial charge in [-0.05, 0) is 39.3 Å². The van der Waals surface area contributed by atoms with E-state index in [0.717, 1.165) is 39.0 Å². The minimum Gasteiger partial charge on any atom is -0.382 e. The number of nitrogens with one attached hydrogen (secondary N) is 2. The molecule has 1 amide bonds. The van der Waals surface area contributed by atoms with Crippen LogP contribution in [0.25, 0.3) is 0 Å². The molecule has 0 aromatic rings. The van der Waals surface area contributed by atoms with E-state index in [2.05, 4.69) is 10.6 Å². The zero-order valence-corrected chi connectivity index (χ0v) is 11.4. The molecule has 0 bridgehead atoms. The summed E-state index contributed by atoms with van der Waals surface area (Å²) in [5, 5.41) is 6.16. The van der Waals surface area contributed by atoms with E-state index in [4.69, 9.17) is 9.47 Å². The summed E-state index contributed by atoms with van der Waals surface area (Å²) in [4.78, 5) is 11.5. The van der Waals surface area contributed by atoms with Gasteiger partial charge in [0.1, 0.15) is 0 Å². The fraction of sp³-hybridized carbons (Fsp3) is 0.923. The first kappa shape index (κ1) is 15.4. The summed E-state index contributed by atoms with van der Waals surface area (Å²) in [7, 11) is 0. The number of piperidine rings is 1. The zero-order valence-electron chi connectivity index (χ0n) is 11.4. The molecule has 0 aromatic heterocycles. The third kappa shape index (κ3) is 7.63. The Labute approximate surface area is 110 Å². The second-order valence-corrected chi connectivity index (χ2v) is 4.47. The number of carbonyl (C=O) groups is 1. The molecule has 0 aromatic carbocycles. The Hall–Kier alpha value is -0.650. The number of amides is 1. The molecule has 0 unspecified atom stereocenters. The van der Waals surface area contributed by atoms with Gasteiger partial charge in [0.2, 0.25) is 5.91 Å². The molecule has 5 nitrogen and oxygen atoms in total. The fourth-order valence-corrected chi connectivity index (χ4v) is 1.92. The molecule has 1 aliphatic rings. The topological polar surface area (TPSA) is 59.6 Å². The predicted molar refractivity (Wildman–Crippen MR) is 70.6 cm³/mol. The molecule has 0 atom stereocenters. The highest BCUT2D eigenvalue weighted by Crippen LogP contribution is 2.07. The van der Waals surface area contributed by atoms with Gasteiger partial charge in [-0.15, -0.1) is 0 Å². The maximum atomic E-state index is 11.5. The third-order valence-electron chi connectivity index (χ3n) is 2.96. The first-order chi connectivity index (χ1) is 8.83. The maximum Gasteiger partial charge on any atom is 0.222 e. The second-order valence-electron chi connectivity index (χ2n) is 4.47. The molecule has 1 saturated heterocycles. The fourth-order valence-electron chi connectivity index (χ4n) is 1.92. The summed E-state index contributed by atoms with van der Waals surface area (Å²) in [6, 6.07) is 0. The van der Waals surface area contributed by atoms with Crippen molar-refractivity contribution in [1.82, 2.24) is 10.6 Å². The SMILES string of the molecule is CCOCCCNC(=O)CCOC1CCNCC1. The van der Waals surface area contributed by atoms with E-state index < -0.39 is 0 Å². The quantitative estimate of drug-likeness (QED) is 0.597. The number of hydrogen-bond donors (Lipinski definition) is 2. The monoisotopic (exact) mass is 258 g/mol. The lowest BCUT2D eigenvalue weighted by Crippen LogP contribution is -2.33. The van der Waals surface area contributed by atoms with Crippen molar-refractivity contribution in [2.24, 2.45) is 0 Å². The van der Waals surface area contributed by atoms with Crippen molar-refractivity contribution in [3.63, 3.8) is 0 Å². The van der Waals surface area contributed by atoms with Crippen LogP contribution in [0.2, 0.25) is 0 Å². The molecule has 0 radical (unpaired) electrons. The minimum absolute atomic E-state index is 0.0698. The number of rotatable bonds is 9. The smallest absolute Gasteiger partial charge is 0.222 e. The van der Waals surface area contributed by atoms with Crippen LogP contribution in [0.4, 0.5) is 0 Å². The molecule has 1 rings (SSSR count). The Balaban J connectivity index is 1.89. The summed E-state index contributed by atoms with van der Waals surface area (Å²) in [5.74, 6) is 0.0698. The van der Waals surface area contributed by atoms with Crippen LogP contribution in [0.5, 0.6) is 0 Å². The summed E-state index contributed by atoms with van der Waals surface area (Å²) in [5.41, 5.74) is 0. The third-order valence-corrected chi connectivity index (χ3v) is 2.96. The molecule has 1 fully saturated rings. The molecule has 0 spiro atoms. The van der Waals surface area contributed by atoms with Crippen molar-refractivity contribution >= 4 is 5.91 Å². The average molecular weight is 258 g/mol. The molecular weight excluding hydrogens is 232 g/mol. The van der Waals surface area contributed by atoms with Gasteiger partial charge in [0.25, 0.3) is 0 Å². The van der Waals surface area contributed by atoms with Crippen molar-refractivity contribution in [3.8, 4) is 0 Å². The van der Waals surface area contributed by atoms with Gasteiger partial charge in [0.15, 0.2) is 0 Å². The van der Waals surface area contributed by atoms with E-state index in [-0.39, 0.29) is 5.91 Å². The van der Waals surface area contributed by atoms with Gasteiger partial charge < -0.3 is 20.1 Å². The molecule has 0 aliphatic carbocycles. The number of hydrogen-bond acceptors (Lipinski definition) is 4. The van der Waals surface area contributed by atoms with Gasteiger partial charge in [-0.3, -0.25) is 4.79 Å².